The third-order valence-corrected chi connectivity index (χ3v) is 9.19. The Bertz CT molecular complexity index is 936. The molecule has 3 aliphatic rings. The van der Waals surface area contributed by atoms with Crippen molar-refractivity contribution in [1.82, 2.24) is 15.0 Å². The molecular formula is C26H35N3OS. The fraction of sp³-hybridized carbons (Fsp3) is 0.615. The van der Waals surface area contributed by atoms with Crippen molar-refractivity contribution in [2.75, 3.05) is 0 Å². The van der Waals surface area contributed by atoms with E-state index in [2.05, 4.69) is 53.1 Å². The van der Waals surface area contributed by atoms with Crippen molar-refractivity contribution in [2.45, 2.75) is 81.7 Å². The first-order valence-electron chi connectivity index (χ1n) is 12.2. The summed E-state index contributed by atoms with van der Waals surface area (Å²) >= 11 is 1.57. The van der Waals surface area contributed by atoms with E-state index in [9.17, 15) is 4.79 Å². The molecule has 5 rings (SSSR count). The molecule has 3 saturated carbocycles. The van der Waals surface area contributed by atoms with Crippen molar-refractivity contribution in [3.63, 3.8) is 0 Å². The smallest absolute Gasteiger partial charge is 0.241 e. The summed E-state index contributed by atoms with van der Waals surface area (Å²) in [6, 6.07) is 10.6. The van der Waals surface area contributed by atoms with Gasteiger partial charge in [0, 0.05) is 22.5 Å². The van der Waals surface area contributed by atoms with Crippen LogP contribution in [0.25, 0.3) is 10.9 Å². The number of pyridine rings is 1. The van der Waals surface area contributed by atoms with E-state index in [0.29, 0.717) is 17.9 Å². The molecule has 1 heterocycles. The van der Waals surface area contributed by atoms with E-state index in [1.54, 1.807) is 11.9 Å². The number of amides is 1. The maximum Gasteiger partial charge on any atom is 0.241 e. The molecular weight excluding hydrogens is 402 g/mol. The van der Waals surface area contributed by atoms with Gasteiger partial charge in [0.05, 0.1) is 5.52 Å². The van der Waals surface area contributed by atoms with Crippen LogP contribution in [0.1, 0.15) is 65.2 Å². The Morgan fingerprint density at radius 1 is 1.16 bits per heavy atom. The third kappa shape index (κ3) is 4.11. The lowest BCUT2D eigenvalue weighted by molar-refractivity contribution is -0.132. The number of nitrogens with one attached hydrogen (secondary N) is 2. The van der Waals surface area contributed by atoms with Gasteiger partial charge in [0.25, 0.3) is 0 Å². The fourth-order valence-corrected chi connectivity index (χ4v) is 7.43. The molecule has 4 nitrogen and oxygen atoms in total. The Balaban J connectivity index is 1.30. The minimum atomic E-state index is -0.447. The summed E-state index contributed by atoms with van der Waals surface area (Å²) in [5.41, 5.74) is 0.551. The molecule has 0 radical (unpaired) electrons. The van der Waals surface area contributed by atoms with Gasteiger partial charge in [-0.15, -0.1) is 0 Å². The van der Waals surface area contributed by atoms with E-state index in [1.807, 2.05) is 12.3 Å². The van der Waals surface area contributed by atoms with Gasteiger partial charge in [-0.1, -0.05) is 38.5 Å². The predicted molar refractivity (Wildman–Crippen MR) is 128 cm³/mol. The lowest BCUT2D eigenvalue weighted by Gasteiger charge is -2.49. The van der Waals surface area contributed by atoms with Gasteiger partial charge in [0.2, 0.25) is 5.91 Å². The van der Waals surface area contributed by atoms with E-state index in [-0.39, 0.29) is 5.91 Å². The molecule has 0 spiro atoms. The number of fused-ring (bicyclic) bond motifs is 3. The molecule has 3 aliphatic carbocycles. The highest BCUT2D eigenvalue weighted by Gasteiger charge is 2.48. The number of hydrogen-bond donors (Lipinski definition) is 2. The Hall–Kier alpha value is -1.59. The van der Waals surface area contributed by atoms with Crippen LogP contribution in [-0.4, -0.2) is 22.5 Å². The molecule has 166 valence electrons. The van der Waals surface area contributed by atoms with Crippen molar-refractivity contribution in [3.05, 3.63) is 36.5 Å². The summed E-state index contributed by atoms with van der Waals surface area (Å²) < 4.78 is 3.59. The second kappa shape index (κ2) is 8.74. The summed E-state index contributed by atoms with van der Waals surface area (Å²) in [5.74, 6) is 3.18. The summed E-state index contributed by atoms with van der Waals surface area (Å²) in [6.07, 6.45) is 11.2. The van der Waals surface area contributed by atoms with E-state index in [0.717, 1.165) is 46.9 Å². The summed E-state index contributed by atoms with van der Waals surface area (Å²) in [4.78, 5) is 19.3. The molecule has 0 saturated heterocycles. The van der Waals surface area contributed by atoms with Crippen molar-refractivity contribution in [1.29, 1.82) is 0 Å². The number of carbonyl (C=O) groups excluding carboxylic acids is 1. The normalized spacial score (nSPS) is 31.7. The summed E-state index contributed by atoms with van der Waals surface area (Å²) in [5, 5.41) is 4.72. The van der Waals surface area contributed by atoms with Gasteiger partial charge in [0.15, 0.2) is 0 Å². The molecule has 1 amide bonds. The van der Waals surface area contributed by atoms with Gasteiger partial charge in [-0.25, -0.2) is 4.72 Å². The van der Waals surface area contributed by atoms with Gasteiger partial charge in [-0.3, -0.25) is 9.78 Å². The van der Waals surface area contributed by atoms with Crippen LogP contribution >= 0.6 is 11.9 Å². The maximum absolute atomic E-state index is 13.6. The van der Waals surface area contributed by atoms with Crippen molar-refractivity contribution < 1.29 is 4.79 Å². The van der Waals surface area contributed by atoms with Gasteiger partial charge in [-0.2, -0.15) is 0 Å². The second-order valence-electron chi connectivity index (χ2n) is 10.3. The zero-order valence-electron chi connectivity index (χ0n) is 18.8. The number of para-hydroxylation sites is 1. The van der Waals surface area contributed by atoms with Crippen molar-refractivity contribution in [3.8, 4) is 0 Å². The van der Waals surface area contributed by atoms with Gasteiger partial charge in [0.1, 0.15) is 5.54 Å². The molecule has 5 heteroatoms. The van der Waals surface area contributed by atoms with Gasteiger partial charge < -0.3 is 5.32 Å². The number of nitrogens with zero attached hydrogens (tertiary/aromatic N) is 1. The Kier molecular flexibility index (Phi) is 6.00. The highest BCUT2D eigenvalue weighted by Crippen LogP contribution is 2.46. The minimum absolute atomic E-state index is 0.222. The zero-order valence-corrected chi connectivity index (χ0v) is 19.6. The Morgan fingerprint density at radius 3 is 2.77 bits per heavy atom. The molecule has 2 N–H and O–H groups in total. The topological polar surface area (TPSA) is 54.0 Å². The average molecular weight is 438 g/mol. The van der Waals surface area contributed by atoms with Crippen LogP contribution in [0.15, 0.2) is 41.4 Å². The van der Waals surface area contributed by atoms with E-state index in [1.165, 1.54) is 32.1 Å². The van der Waals surface area contributed by atoms with E-state index < -0.39 is 5.54 Å². The highest BCUT2D eigenvalue weighted by atomic mass is 32.2. The minimum Gasteiger partial charge on any atom is -0.351 e. The van der Waals surface area contributed by atoms with E-state index >= 15 is 0 Å². The van der Waals surface area contributed by atoms with Gasteiger partial charge >= 0.3 is 0 Å². The fourth-order valence-electron chi connectivity index (χ4n) is 6.41. The van der Waals surface area contributed by atoms with Crippen molar-refractivity contribution in [2.24, 2.45) is 23.7 Å². The van der Waals surface area contributed by atoms with Crippen LogP contribution in [0.2, 0.25) is 0 Å². The van der Waals surface area contributed by atoms with Crippen LogP contribution in [0.3, 0.4) is 0 Å². The first-order valence-corrected chi connectivity index (χ1v) is 13.0. The monoisotopic (exact) mass is 437 g/mol. The molecule has 2 bridgehead atoms. The van der Waals surface area contributed by atoms with Gasteiger partial charge in [-0.05, 0) is 92.7 Å². The summed E-state index contributed by atoms with van der Waals surface area (Å²) in [6.45, 7) is 4.70. The standard InChI is InChI=1S/C26H35N3OS/c1-3-19-15-18-13-17(2)14-21(16-18)23(19)28-25(30)26(10-6-11-26)29-31-22-9-4-7-20-8-5-12-27-24(20)22/h4-5,7-9,12,17-19,21,23,29H,3,6,10-11,13-16H2,1-2H3,(H,28,30). The third-order valence-electron chi connectivity index (χ3n) is 8.14. The quantitative estimate of drug-likeness (QED) is 0.568. The number of hydrogen-bond acceptors (Lipinski definition) is 4. The molecule has 5 unspecified atom stereocenters. The van der Waals surface area contributed by atoms with Crippen molar-refractivity contribution >= 4 is 28.8 Å². The zero-order chi connectivity index (χ0) is 21.4. The van der Waals surface area contributed by atoms with Crippen LogP contribution in [0, 0.1) is 23.7 Å². The number of rotatable bonds is 6. The predicted octanol–water partition coefficient (Wildman–Crippen LogP) is 5.72. The second-order valence-corrected chi connectivity index (χ2v) is 11.2. The molecule has 31 heavy (non-hydrogen) atoms. The molecule has 2 aromatic rings. The first-order chi connectivity index (χ1) is 15.1. The molecule has 0 aliphatic heterocycles. The molecule has 5 atom stereocenters. The van der Waals surface area contributed by atoms with Crippen LogP contribution in [-0.2, 0) is 4.79 Å². The lowest BCUT2D eigenvalue weighted by Crippen LogP contribution is -2.63. The van der Waals surface area contributed by atoms with E-state index in [4.69, 9.17) is 0 Å². The average Bonchev–Trinajstić information content (AvgIpc) is 2.74. The van der Waals surface area contributed by atoms with Crippen LogP contribution in [0.4, 0.5) is 0 Å². The largest absolute Gasteiger partial charge is 0.351 e. The Morgan fingerprint density at radius 2 is 2.00 bits per heavy atom. The lowest BCUT2D eigenvalue weighted by atomic mass is 9.62. The molecule has 3 fully saturated rings. The van der Waals surface area contributed by atoms with Crippen LogP contribution in [0.5, 0.6) is 0 Å². The molecule has 1 aromatic heterocycles. The maximum atomic E-state index is 13.6. The SMILES string of the molecule is CCC1CC2CC(C)CC(C2)C1NC(=O)C1(NSc2cccc3cccnc23)CCC1. The highest BCUT2D eigenvalue weighted by molar-refractivity contribution is 7.97. The number of benzene rings is 1. The number of carbonyl (C=O) groups is 1. The summed E-state index contributed by atoms with van der Waals surface area (Å²) in [7, 11) is 0. The van der Waals surface area contributed by atoms with Crippen LogP contribution < -0.4 is 10.0 Å². The Labute approximate surface area is 190 Å². The first kappa shape index (κ1) is 21.3. The number of aromatic nitrogens is 1. The molecule has 1 aromatic carbocycles.